The van der Waals surface area contributed by atoms with Gasteiger partial charge in [0, 0.05) is 12.4 Å². The summed E-state index contributed by atoms with van der Waals surface area (Å²) in [7, 11) is 11.6. The summed E-state index contributed by atoms with van der Waals surface area (Å²) in [6, 6.07) is 29.3. The molecule has 0 aliphatic rings. The molecule has 0 amide bonds. The maximum absolute atomic E-state index is 5.36. The van der Waals surface area contributed by atoms with Gasteiger partial charge in [-0.25, -0.2) is 4.98 Å². The van der Waals surface area contributed by atoms with E-state index in [1.807, 2.05) is 43.0 Å². The molecule has 4 rings (SSSR count). The molecule has 0 N–H and O–H groups in total. The first-order valence-corrected chi connectivity index (χ1v) is 16.9. The second-order valence-corrected chi connectivity index (χ2v) is 10.9. The average molecular weight is 477 g/mol. The van der Waals surface area contributed by atoms with Crippen LogP contribution in [-0.4, -0.2) is 16.7 Å². The third kappa shape index (κ3) is 4.56. The van der Waals surface area contributed by atoms with E-state index in [9.17, 15) is 0 Å². The number of aromatic nitrogens is 2. The normalized spacial score (nSPS) is 10.4. The minimum absolute atomic E-state index is 0.509. The second kappa shape index (κ2) is 10.6. The fraction of sp³-hybridized carbons (Fsp3) is 0.0870. The third-order valence-corrected chi connectivity index (χ3v) is 4.78. The molecule has 0 fully saturated rings. The first kappa shape index (κ1) is 21.6. The van der Waals surface area contributed by atoms with E-state index < -0.39 is 20.7 Å². The third-order valence-electron chi connectivity index (χ3n) is 4.78. The molecule has 0 spiro atoms. The van der Waals surface area contributed by atoms with Crippen LogP contribution in [-0.2, 0) is 20.7 Å². The summed E-state index contributed by atoms with van der Waals surface area (Å²) >= 11 is -0.931. The first-order chi connectivity index (χ1) is 14.3. The van der Waals surface area contributed by atoms with Crippen molar-refractivity contribution in [1.82, 2.24) is 9.55 Å². The van der Waals surface area contributed by atoms with Crippen molar-refractivity contribution in [3.05, 3.63) is 120 Å². The molecule has 4 aromatic rings. The van der Waals surface area contributed by atoms with Crippen molar-refractivity contribution in [2.45, 2.75) is 5.54 Å². The summed E-state index contributed by atoms with van der Waals surface area (Å²) in [5, 5.41) is 0. The van der Waals surface area contributed by atoms with Crippen LogP contribution in [0.5, 0.6) is 5.75 Å². The van der Waals surface area contributed by atoms with E-state index in [1.165, 1.54) is 11.1 Å². The van der Waals surface area contributed by atoms with Crippen LogP contribution in [0.2, 0.25) is 0 Å². The molecular formula is C23H20Cl2N2OZn. The zero-order valence-corrected chi connectivity index (χ0v) is 20.6. The number of imidazole rings is 1. The Morgan fingerprint density at radius 1 is 0.793 bits per heavy atom. The van der Waals surface area contributed by atoms with E-state index >= 15 is 0 Å². The summed E-state index contributed by atoms with van der Waals surface area (Å²) in [6.07, 6.45) is 5.72. The molecule has 3 nitrogen and oxygen atoms in total. The van der Waals surface area contributed by atoms with Crippen LogP contribution in [0.25, 0.3) is 0 Å². The second-order valence-electron chi connectivity index (χ2n) is 6.24. The van der Waals surface area contributed by atoms with Gasteiger partial charge < -0.3 is 9.30 Å². The zero-order valence-electron chi connectivity index (χ0n) is 16.1. The van der Waals surface area contributed by atoms with Crippen molar-refractivity contribution in [3.63, 3.8) is 0 Å². The average Bonchev–Trinajstić information content (AvgIpc) is 3.32. The topological polar surface area (TPSA) is 27.1 Å². The Balaban J connectivity index is 0.000000755. The van der Waals surface area contributed by atoms with Crippen LogP contribution >= 0.6 is 19.4 Å². The SMILES string of the molecule is COc1ccc(C(c2ccccc2)(c2ccccc2)n2ccnc2)cc1.[Cl][Zn][Cl]. The quantitative estimate of drug-likeness (QED) is 0.257. The van der Waals surface area contributed by atoms with E-state index in [-0.39, 0.29) is 0 Å². The number of hydrogen-bond acceptors (Lipinski definition) is 2. The molecule has 6 heteroatoms. The molecule has 1 aromatic heterocycles. The Labute approximate surface area is 187 Å². The minimum atomic E-state index is -0.931. The molecule has 0 unspecified atom stereocenters. The van der Waals surface area contributed by atoms with Gasteiger partial charge in [0.1, 0.15) is 11.3 Å². The van der Waals surface area contributed by atoms with Crippen molar-refractivity contribution >= 4 is 19.4 Å². The summed E-state index contributed by atoms with van der Waals surface area (Å²) in [4.78, 5) is 4.34. The van der Waals surface area contributed by atoms with Gasteiger partial charge in [-0.05, 0) is 28.8 Å². The van der Waals surface area contributed by atoms with Crippen molar-refractivity contribution in [3.8, 4) is 5.75 Å². The van der Waals surface area contributed by atoms with Crippen molar-refractivity contribution in [1.29, 1.82) is 0 Å². The summed E-state index contributed by atoms with van der Waals surface area (Å²) in [6.45, 7) is 0. The summed E-state index contributed by atoms with van der Waals surface area (Å²) < 4.78 is 7.53. The van der Waals surface area contributed by atoms with Crippen LogP contribution in [0.3, 0.4) is 0 Å². The van der Waals surface area contributed by atoms with Gasteiger partial charge in [0.15, 0.2) is 0 Å². The molecule has 0 saturated carbocycles. The van der Waals surface area contributed by atoms with Gasteiger partial charge in [0.2, 0.25) is 0 Å². The molecule has 0 bridgehead atoms. The van der Waals surface area contributed by atoms with E-state index in [0.717, 1.165) is 11.3 Å². The number of ether oxygens (including phenoxy) is 1. The molecular weight excluding hydrogens is 457 g/mol. The molecule has 29 heavy (non-hydrogen) atoms. The molecule has 0 aliphatic heterocycles. The molecule has 0 atom stereocenters. The molecule has 1 heterocycles. The van der Waals surface area contributed by atoms with E-state index in [4.69, 9.17) is 24.1 Å². The Hall–Kier alpha value is -2.13. The Kier molecular flexibility index (Phi) is 7.88. The number of halogens is 2. The zero-order chi connectivity index (χ0) is 20.5. The van der Waals surface area contributed by atoms with Crippen LogP contribution in [0.1, 0.15) is 16.7 Å². The van der Waals surface area contributed by atoms with Crippen LogP contribution in [0, 0.1) is 0 Å². The van der Waals surface area contributed by atoms with Crippen LogP contribution < -0.4 is 4.74 Å². The Bertz CT molecular complexity index is 939. The number of hydrogen-bond donors (Lipinski definition) is 0. The Morgan fingerprint density at radius 2 is 1.28 bits per heavy atom. The molecule has 3 aromatic carbocycles. The Morgan fingerprint density at radius 3 is 1.69 bits per heavy atom. The van der Waals surface area contributed by atoms with Gasteiger partial charge in [-0.15, -0.1) is 0 Å². The number of methoxy groups -OCH3 is 1. The molecule has 0 saturated heterocycles. The monoisotopic (exact) mass is 474 g/mol. The first-order valence-electron chi connectivity index (χ1n) is 9.13. The maximum atomic E-state index is 5.36. The summed E-state index contributed by atoms with van der Waals surface area (Å²) in [5.41, 5.74) is 2.99. The standard InChI is InChI=1S/C23H20N2O.2ClH.Zn/c1-26-22-14-12-21(13-15-22)23(25-17-16-24-18-25,19-8-4-2-5-9-19)20-10-6-3-7-11-20;;;/h2-18H,1H3;2*1H;/q;;;+2/p-2. The van der Waals surface area contributed by atoms with Gasteiger partial charge >= 0.3 is 34.5 Å². The summed E-state index contributed by atoms with van der Waals surface area (Å²) in [5.74, 6) is 0.842. The van der Waals surface area contributed by atoms with Crippen molar-refractivity contribution < 1.29 is 19.9 Å². The van der Waals surface area contributed by atoms with Gasteiger partial charge in [0.25, 0.3) is 0 Å². The van der Waals surface area contributed by atoms with Crippen LogP contribution in [0.4, 0.5) is 0 Å². The van der Waals surface area contributed by atoms with Gasteiger partial charge in [-0.2, -0.15) is 0 Å². The predicted molar refractivity (Wildman–Crippen MR) is 115 cm³/mol. The molecule has 0 radical (unpaired) electrons. The number of nitrogens with zero attached hydrogens (tertiary/aromatic N) is 2. The van der Waals surface area contributed by atoms with Crippen molar-refractivity contribution in [2.75, 3.05) is 7.11 Å². The van der Waals surface area contributed by atoms with Gasteiger partial charge in [-0.1, -0.05) is 72.8 Å². The van der Waals surface area contributed by atoms with Gasteiger partial charge in [-0.3, -0.25) is 0 Å². The molecule has 144 valence electrons. The fourth-order valence-electron chi connectivity index (χ4n) is 3.60. The van der Waals surface area contributed by atoms with E-state index in [1.54, 1.807) is 7.11 Å². The number of benzene rings is 3. The van der Waals surface area contributed by atoms with Crippen molar-refractivity contribution in [2.24, 2.45) is 0 Å². The van der Waals surface area contributed by atoms with Gasteiger partial charge in [0.05, 0.1) is 13.4 Å². The van der Waals surface area contributed by atoms with Crippen LogP contribution in [0.15, 0.2) is 104 Å². The van der Waals surface area contributed by atoms with E-state index in [0.29, 0.717) is 0 Å². The fourth-order valence-corrected chi connectivity index (χ4v) is 3.60. The van der Waals surface area contributed by atoms with E-state index in [2.05, 4.69) is 70.2 Å². The predicted octanol–water partition coefficient (Wildman–Crippen LogP) is 6.11. The number of rotatable bonds is 5. The molecule has 0 aliphatic carbocycles.